The molecule has 1 aromatic rings. The number of furan rings is 1. The maximum Gasteiger partial charge on any atom is 0.0940 e. The number of rotatable bonds is 3. The summed E-state index contributed by atoms with van der Waals surface area (Å²) >= 11 is 0. The Balaban J connectivity index is 2.08. The zero-order valence-electron chi connectivity index (χ0n) is 8.49. The molecule has 1 N–H and O–H groups in total. The zero-order chi connectivity index (χ0) is 9.97. The molecule has 2 nitrogen and oxygen atoms in total. The Morgan fingerprint density at radius 2 is 2.36 bits per heavy atom. The molecule has 1 heterocycles. The summed E-state index contributed by atoms with van der Waals surface area (Å²) in [5, 5.41) is 9.17. The smallest absolute Gasteiger partial charge is 0.0940 e. The van der Waals surface area contributed by atoms with Gasteiger partial charge < -0.3 is 9.52 Å². The van der Waals surface area contributed by atoms with Crippen molar-refractivity contribution in [3.8, 4) is 0 Å². The van der Waals surface area contributed by atoms with E-state index in [1.54, 1.807) is 6.26 Å². The quantitative estimate of drug-likeness (QED) is 0.746. The number of allylic oxidation sites excluding steroid dienone is 1. The van der Waals surface area contributed by atoms with Gasteiger partial charge in [-0.25, -0.2) is 0 Å². The van der Waals surface area contributed by atoms with Gasteiger partial charge in [0, 0.05) is 12.5 Å². The van der Waals surface area contributed by atoms with Crippen molar-refractivity contribution in [3.05, 3.63) is 35.3 Å². The maximum atomic E-state index is 9.17. The lowest BCUT2D eigenvalue weighted by molar-refractivity contribution is 0.244. The van der Waals surface area contributed by atoms with Crippen LogP contribution in [0.3, 0.4) is 0 Å². The lowest BCUT2D eigenvalue weighted by atomic mass is 9.96. The third-order valence-corrected chi connectivity index (χ3v) is 3.02. The molecule has 1 aromatic heterocycles. The van der Waals surface area contributed by atoms with Gasteiger partial charge >= 0.3 is 0 Å². The van der Waals surface area contributed by atoms with E-state index in [0.717, 1.165) is 19.3 Å². The van der Waals surface area contributed by atoms with Gasteiger partial charge in [-0.15, -0.1) is 0 Å². The molecular formula is C12H16O2. The van der Waals surface area contributed by atoms with E-state index < -0.39 is 0 Å². The van der Waals surface area contributed by atoms with E-state index >= 15 is 0 Å². The minimum Gasteiger partial charge on any atom is -0.472 e. The van der Waals surface area contributed by atoms with E-state index in [-0.39, 0.29) is 6.61 Å². The summed E-state index contributed by atoms with van der Waals surface area (Å²) < 4.78 is 5.13. The Morgan fingerprint density at radius 3 is 3.00 bits per heavy atom. The Hall–Kier alpha value is -1.02. The van der Waals surface area contributed by atoms with Crippen LogP contribution < -0.4 is 0 Å². The van der Waals surface area contributed by atoms with E-state index in [1.807, 2.05) is 6.26 Å². The predicted octanol–water partition coefficient (Wildman–Crippen LogP) is 2.46. The summed E-state index contributed by atoms with van der Waals surface area (Å²) in [5.41, 5.74) is 3.82. The van der Waals surface area contributed by atoms with Crippen LogP contribution in [0.4, 0.5) is 0 Å². The highest BCUT2D eigenvalue weighted by Crippen LogP contribution is 2.29. The van der Waals surface area contributed by atoms with Gasteiger partial charge in [0.15, 0.2) is 0 Å². The molecule has 0 spiro atoms. The lowest BCUT2D eigenvalue weighted by Gasteiger charge is -2.10. The van der Waals surface area contributed by atoms with Crippen LogP contribution in [0.2, 0.25) is 0 Å². The first kappa shape index (κ1) is 9.53. The second kappa shape index (κ2) is 4.01. The summed E-state index contributed by atoms with van der Waals surface area (Å²) in [6.45, 7) is 2.34. The number of aliphatic hydroxyl groups excluding tert-OH is 1. The highest BCUT2D eigenvalue weighted by Gasteiger charge is 2.19. The van der Waals surface area contributed by atoms with Crippen LogP contribution in [0.5, 0.6) is 0 Å². The second-order valence-corrected chi connectivity index (χ2v) is 3.99. The van der Waals surface area contributed by atoms with Gasteiger partial charge in [-0.2, -0.15) is 0 Å². The van der Waals surface area contributed by atoms with Crippen LogP contribution >= 0.6 is 0 Å². The number of hydrogen-bond acceptors (Lipinski definition) is 2. The minimum absolute atomic E-state index is 0.280. The summed E-state index contributed by atoms with van der Waals surface area (Å²) in [6.07, 6.45) is 8.99. The predicted molar refractivity (Wildman–Crippen MR) is 55.0 cm³/mol. The van der Waals surface area contributed by atoms with Crippen molar-refractivity contribution in [2.24, 2.45) is 5.92 Å². The van der Waals surface area contributed by atoms with Crippen molar-refractivity contribution in [2.75, 3.05) is 6.61 Å². The van der Waals surface area contributed by atoms with Gasteiger partial charge in [-0.1, -0.05) is 11.6 Å². The maximum absolute atomic E-state index is 9.17. The Labute approximate surface area is 84.2 Å². The molecule has 0 fully saturated rings. The van der Waals surface area contributed by atoms with Crippen LogP contribution in [0.1, 0.15) is 24.0 Å². The molecule has 0 aromatic carbocycles. The van der Waals surface area contributed by atoms with Crippen molar-refractivity contribution >= 4 is 0 Å². The molecule has 0 amide bonds. The molecule has 1 aliphatic carbocycles. The summed E-state index contributed by atoms with van der Waals surface area (Å²) in [6, 6.07) is 0. The summed E-state index contributed by atoms with van der Waals surface area (Å²) in [4.78, 5) is 0. The Morgan fingerprint density at radius 1 is 1.50 bits per heavy atom. The monoisotopic (exact) mass is 192 g/mol. The third kappa shape index (κ3) is 1.75. The fourth-order valence-corrected chi connectivity index (χ4v) is 2.03. The average molecular weight is 192 g/mol. The molecule has 0 saturated heterocycles. The summed E-state index contributed by atoms with van der Waals surface area (Å²) in [5.74, 6) is 0.379. The standard InChI is InChI=1S/C12H16O2/c1-9-7-14-8-12(9)5-10-3-2-4-11(10)6-13/h3,7-8,11,13H,2,4-6H2,1H3. The van der Waals surface area contributed by atoms with E-state index in [1.165, 1.54) is 16.7 Å². The van der Waals surface area contributed by atoms with E-state index in [4.69, 9.17) is 4.42 Å². The molecule has 0 aliphatic heterocycles. The molecule has 1 aliphatic rings. The van der Waals surface area contributed by atoms with Gasteiger partial charge in [-0.05, 0) is 37.3 Å². The third-order valence-electron chi connectivity index (χ3n) is 3.02. The van der Waals surface area contributed by atoms with Crippen molar-refractivity contribution in [2.45, 2.75) is 26.2 Å². The molecule has 76 valence electrons. The SMILES string of the molecule is Cc1cocc1CC1=CCCC1CO. The number of aliphatic hydroxyl groups is 1. The first-order valence-electron chi connectivity index (χ1n) is 5.12. The topological polar surface area (TPSA) is 33.4 Å². The van der Waals surface area contributed by atoms with Gasteiger partial charge in [0.1, 0.15) is 0 Å². The van der Waals surface area contributed by atoms with Crippen molar-refractivity contribution in [3.63, 3.8) is 0 Å². The van der Waals surface area contributed by atoms with E-state index in [2.05, 4.69) is 13.0 Å². The zero-order valence-corrected chi connectivity index (χ0v) is 8.49. The Kier molecular flexibility index (Phi) is 2.73. The van der Waals surface area contributed by atoms with Crippen LogP contribution in [-0.2, 0) is 6.42 Å². The van der Waals surface area contributed by atoms with Crippen molar-refractivity contribution in [1.29, 1.82) is 0 Å². The molecule has 1 atom stereocenters. The molecule has 14 heavy (non-hydrogen) atoms. The van der Waals surface area contributed by atoms with Crippen LogP contribution in [-0.4, -0.2) is 11.7 Å². The van der Waals surface area contributed by atoms with Gasteiger partial charge in [0.2, 0.25) is 0 Å². The van der Waals surface area contributed by atoms with E-state index in [0.29, 0.717) is 5.92 Å². The second-order valence-electron chi connectivity index (χ2n) is 3.99. The molecule has 2 rings (SSSR count). The lowest BCUT2D eigenvalue weighted by Crippen LogP contribution is -2.06. The summed E-state index contributed by atoms with van der Waals surface area (Å²) in [7, 11) is 0. The van der Waals surface area contributed by atoms with Crippen LogP contribution in [0, 0.1) is 12.8 Å². The van der Waals surface area contributed by atoms with Crippen LogP contribution in [0.25, 0.3) is 0 Å². The number of aryl methyl sites for hydroxylation is 1. The average Bonchev–Trinajstić information content (AvgIpc) is 2.77. The fraction of sp³-hybridized carbons (Fsp3) is 0.500. The first-order valence-corrected chi connectivity index (χ1v) is 5.12. The molecule has 0 bridgehead atoms. The fourth-order valence-electron chi connectivity index (χ4n) is 2.03. The molecule has 2 heteroatoms. The highest BCUT2D eigenvalue weighted by molar-refractivity contribution is 5.27. The highest BCUT2D eigenvalue weighted by atomic mass is 16.3. The molecular weight excluding hydrogens is 176 g/mol. The van der Waals surface area contributed by atoms with Gasteiger partial charge in [0.05, 0.1) is 12.5 Å². The molecule has 1 unspecified atom stereocenters. The van der Waals surface area contributed by atoms with Gasteiger partial charge in [-0.3, -0.25) is 0 Å². The number of hydrogen-bond donors (Lipinski definition) is 1. The minimum atomic E-state index is 0.280. The van der Waals surface area contributed by atoms with Gasteiger partial charge in [0.25, 0.3) is 0 Å². The molecule has 0 saturated carbocycles. The van der Waals surface area contributed by atoms with Crippen LogP contribution in [0.15, 0.2) is 28.6 Å². The van der Waals surface area contributed by atoms with E-state index in [9.17, 15) is 5.11 Å². The first-order chi connectivity index (χ1) is 6.81. The normalized spacial score (nSPS) is 21.3. The molecule has 0 radical (unpaired) electrons. The Bertz CT molecular complexity index is 336. The van der Waals surface area contributed by atoms with Crippen molar-refractivity contribution in [1.82, 2.24) is 0 Å². The van der Waals surface area contributed by atoms with Crippen molar-refractivity contribution < 1.29 is 9.52 Å². The largest absolute Gasteiger partial charge is 0.472 e.